The summed E-state index contributed by atoms with van der Waals surface area (Å²) in [5.74, 6) is 0.248. The van der Waals surface area contributed by atoms with Crippen LogP contribution >= 0.6 is 0 Å². The van der Waals surface area contributed by atoms with Crippen LogP contribution in [0.25, 0.3) is 0 Å². The molecule has 0 saturated carbocycles. The van der Waals surface area contributed by atoms with Gasteiger partial charge in [0, 0.05) is 19.0 Å². The van der Waals surface area contributed by atoms with Gasteiger partial charge in [0.15, 0.2) is 0 Å². The predicted molar refractivity (Wildman–Crippen MR) is 77.2 cm³/mol. The van der Waals surface area contributed by atoms with E-state index in [1.807, 2.05) is 0 Å². The maximum atomic E-state index is 9.38. The van der Waals surface area contributed by atoms with Gasteiger partial charge >= 0.3 is 0 Å². The molecule has 18 heavy (non-hydrogen) atoms. The quantitative estimate of drug-likeness (QED) is 0.318. The zero-order valence-electron chi connectivity index (χ0n) is 11.5. The Balaban J connectivity index is 2.23. The molecule has 0 heterocycles. The fourth-order valence-electron chi connectivity index (χ4n) is 1.91. The van der Waals surface area contributed by atoms with Crippen LogP contribution in [0.4, 0.5) is 11.4 Å². The molecule has 0 bridgehead atoms. The number of anilines is 2. The molecule has 0 aliphatic carbocycles. The number of phenols is 1. The van der Waals surface area contributed by atoms with Crippen LogP contribution in [-0.4, -0.2) is 31.8 Å². The standard InChI is InChI=1S/C14H25N3O/c1-3-4-9-17(2)10-5-8-16-14-11-12(18)6-7-13(14)15/h6-7,11,16,18H,3-5,8-10,15H2,1-2H3/p+1. The van der Waals surface area contributed by atoms with Gasteiger partial charge in [0.25, 0.3) is 0 Å². The Kier molecular flexibility index (Phi) is 6.36. The number of rotatable bonds is 8. The number of nitrogens with one attached hydrogen (secondary N) is 2. The zero-order chi connectivity index (χ0) is 13.4. The van der Waals surface area contributed by atoms with E-state index in [1.54, 1.807) is 23.1 Å². The van der Waals surface area contributed by atoms with E-state index in [-0.39, 0.29) is 5.75 Å². The van der Waals surface area contributed by atoms with Gasteiger partial charge in [-0.2, -0.15) is 0 Å². The van der Waals surface area contributed by atoms with Gasteiger partial charge in [-0.05, 0) is 18.6 Å². The molecule has 102 valence electrons. The summed E-state index contributed by atoms with van der Waals surface area (Å²) in [6.45, 7) is 5.51. The van der Waals surface area contributed by atoms with Gasteiger partial charge in [-0.3, -0.25) is 0 Å². The Bertz CT molecular complexity index is 355. The van der Waals surface area contributed by atoms with Crippen molar-refractivity contribution in [3.63, 3.8) is 0 Å². The van der Waals surface area contributed by atoms with Gasteiger partial charge in [0.2, 0.25) is 0 Å². The lowest BCUT2D eigenvalue weighted by molar-refractivity contribution is -0.879. The first kappa shape index (κ1) is 14.6. The van der Waals surface area contributed by atoms with Crippen molar-refractivity contribution in [1.82, 2.24) is 0 Å². The summed E-state index contributed by atoms with van der Waals surface area (Å²) in [4.78, 5) is 1.57. The van der Waals surface area contributed by atoms with Crippen molar-refractivity contribution in [3.05, 3.63) is 18.2 Å². The largest absolute Gasteiger partial charge is 0.508 e. The molecule has 0 amide bonds. The molecule has 1 aromatic carbocycles. The van der Waals surface area contributed by atoms with Crippen LogP contribution in [0.1, 0.15) is 26.2 Å². The molecule has 0 spiro atoms. The maximum Gasteiger partial charge on any atom is 0.117 e. The topological polar surface area (TPSA) is 62.7 Å². The molecule has 4 nitrogen and oxygen atoms in total. The number of hydrogen-bond donors (Lipinski definition) is 4. The van der Waals surface area contributed by atoms with E-state index < -0.39 is 0 Å². The Morgan fingerprint density at radius 1 is 1.28 bits per heavy atom. The molecule has 5 N–H and O–H groups in total. The summed E-state index contributed by atoms with van der Waals surface area (Å²) in [5.41, 5.74) is 7.32. The second-order valence-electron chi connectivity index (χ2n) is 4.86. The van der Waals surface area contributed by atoms with E-state index in [2.05, 4.69) is 19.3 Å². The molecule has 1 unspecified atom stereocenters. The van der Waals surface area contributed by atoms with Gasteiger partial charge < -0.3 is 21.1 Å². The SMILES string of the molecule is CCCC[NH+](C)CCCNc1cc(O)ccc1N. The predicted octanol–water partition coefficient (Wildman–Crippen LogP) is 1.09. The normalized spacial score (nSPS) is 12.3. The van der Waals surface area contributed by atoms with Crippen molar-refractivity contribution in [3.8, 4) is 5.75 Å². The highest BCUT2D eigenvalue weighted by molar-refractivity contribution is 5.67. The summed E-state index contributed by atoms with van der Waals surface area (Å²) < 4.78 is 0. The zero-order valence-corrected chi connectivity index (χ0v) is 11.5. The highest BCUT2D eigenvalue weighted by atomic mass is 16.3. The lowest BCUT2D eigenvalue weighted by atomic mass is 10.2. The van der Waals surface area contributed by atoms with Crippen LogP contribution < -0.4 is 16.0 Å². The summed E-state index contributed by atoms with van der Waals surface area (Å²) >= 11 is 0. The summed E-state index contributed by atoms with van der Waals surface area (Å²) in [6.07, 6.45) is 3.65. The van der Waals surface area contributed by atoms with Gasteiger partial charge in [-0.25, -0.2) is 0 Å². The number of nitrogens with two attached hydrogens (primary N) is 1. The molecule has 4 heteroatoms. The minimum Gasteiger partial charge on any atom is -0.508 e. The van der Waals surface area contributed by atoms with Crippen molar-refractivity contribution in [2.24, 2.45) is 0 Å². The van der Waals surface area contributed by atoms with Crippen LogP contribution in [0.3, 0.4) is 0 Å². The molecule has 1 aromatic rings. The van der Waals surface area contributed by atoms with Crippen molar-refractivity contribution >= 4 is 11.4 Å². The highest BCUT2D eigenvalue weighted by Crippen LogP contribution is 2.23. The molecule has 0 fully saturated rings. The van der Waals surface area contributed by atoms with Crippen LogP contribution in [-0.2, 0) is 0 Å². The molecule has 0 radical (unpaired) electrons. The third kappa shape index (κ3) is 5.27. The molecular formula is C14H26N3O+. The average Bonchev–Trinajstić information content (AvgIpc) is 2.36. The molecular weight excluding hydrogens is 226 g/mol. The Labute approximate surface area is 110 Å². The smallest absolute Gasteiger partial charge is 0.117 e. The van der Waals surface area contributed by atoms with Crippen LogP contribution in [0, 0.1) is 0 Å². The first-order valence-electron chi connectivity index (χ1n) is 6.77. The highest BCUT2D eigenvalue weighted by Gasteiger charge is 2.02. The third-order valence-electron chi connectivity index (χ3n) is 3.09. The Morgan fingerprint density at radius 2 is 2.00 bits per heavy atom. The molecule has 0 aliphatic rings. The molecule has 1 rings (SSSR count). The number of nitrogen functional groups attached to an aromatic ring is 1. The summed E-state index contributed by atoms with van der Waals surface area (Å²) in [7, 11) is 2.23. The third-order valence-corrected chi connectivity index (χ3v) is 3.09. The Hall–Kier alpha value is -1.42. The second kappa shape index (κ2) is 7.82. The van der Waals surface area contributed by atoms with Gasteiger partial charge in [0.1, 0.15) is 5.75 Å². The fraction of sp³-hybridized carbons (Fsp3) is 0.571. The monoisotopic (exact) mass is 252 g/mol. The van der Waals surface area contributed by atoms with Crippen molar-refractivity contribution < 1.29 is 10.0 Å². The van der Waals surface area contributed by atoms with E-state index in [0.717, 1.165) is 25.2 Å². The number of aromatic hydroxyl groups is 1. The van der Waals surface area contributed by atoms with Crippen LogP contribution in [0.5, 0.6) is 5.75 Å². The number of quaternary nitrogens is 1. The van der Waals surface area contributed by atoms with E-state index in [1.165, 1.54) is 19.4 Å². The number of hydrogen-bond acceptors (Lipinski definition) is 3. The summed E-state index contributed by atoms with van der Waals surface area (Å²) in [5, 5.41) is 12.6. The lowest BCUT2D eigenvalue weighted by Crippen LogP contribution is -3.09. The maximum absolute atomic E-state index is 9.38. The number of phenolic OH excluding ortho intramolecular Hbond substituents is 1. The van der Waals surface area contributed by atoms with E-state index in [9.17, 15) is 5.11 Å². The van der Waals surface area contributed by atoms with Crippen LogP contribution in [0.15, 0.2) is 18.2 Å². The summed E-state index contributed by atoms with van der Waals surface area (Å²) in [6, 6.07) is 4.99. The average molecular weight is 252 g/mol. The second-order valence-corrected chi connectivity index (χ2v) is 4.86. The first-order chi connectivity index (χ1) is 8.63. The van der Waals surface area contributed by atoms with Crippen LogP contribution in [0.2, 0.25) is 0 Å². The molecule has 0 saturated heterocycles. The van der Waals surface area contributed by atoms with E-state index >= 15 is 0 Å². The fourth-order valence-corrected chi connectivity index (χ4v) is 1.91. The van der Waals surface area contributed by atoms with Gasteiger partial charge in [0.05, 0.1) is 31.5 Å². The minimum atomic E-state index is 0.248. The van der Waals surface area contributed by atoms with Gasteiger partial charge in [-0.15, -0.1) is 0 Å². The van der Waals surface area contributed by atoms with Gasteiger partial charge in [-0.1, -0.05) is 13.3 Å². The first-order valence-corrected chi connectivity index (χ1v) is 6.77. The van der Waals surface area contributed by atoms with Crippen molar-refractivity contribution in [2.45, 2.75) is 26.2 Å². The van der Waals surface area contributed by atoms with Crippen molar-refractivity contribution in [1.29, 1.82) is 0 Å². The van der Waals surface area contributed by atoms with Crippen molar-refractivity contribution in [2.75, 3.05) is 37.7 Å². The molecule has 0 aromatic heterocycles. The number of unbranched alkanes of at least 4 members (excludes halogenated alkanes) is 1. The lowest BCUT2D eigenvalue weighted by Gasteiger charge is -2.14. The Morgan fingerprint density at radius 3 is 2.72 bits per heavy atom. The van der Waals surface area contributed by atoms with E-state index in [0.29, 0.717) is 5.69 Å². The minimum absolute atomic E-state index is 0.248. The van der Waals surface area contributed by atoms with E-state index in [4.69, 9.17) is 5.73 Å². The molecule has 1 atom stereocenters. The number of benzene rings is 1. The molecule has 0 aliphatic heterocycles.